The van der Waals surface area contributed by atoms with Crippen LogP contribution < -0.4 is 10.2 Å². The van der Waals surface area contributed by atoms with Crippen molar-refractivity contribution >= 4 is 16.7 Å². The van der Waals surface area contributed by atoms with Gasteiger partial charge in [-0.2, -0.15) is 0 Å². The molecule has 4 nitrogen and oxygen atoms in total. The minimum Gasteiger partial charge on any atom is -0.452 e. The fourth-order valence-electron chi connectivity index (χ4n) is 2.45. The summed E-state index contributed by atoms with van der Waals surface area (Å²) in [5.74, 6) is -1.42. The van der Waals surface area contributed by atoms with E-state index < -0.39 is 11.8 Å². The maximum absolute atomic E-state index is 12.6. The topological polar surface area (TPSA) is 52.6 Å². The van der Waals surface area contributed by atoms with Gasteiger partial charge in [0.2, 0.25) is 11.2 Å². The van der Waals surface area contributed by atoms with E-state index in [9.17, 15) is 9.59 Å². The molecule has 0 unspecified atom stereocenters. The van der Waals surface area contributed by atoms with Crippen molar-refractivity contribution < 1.29 is 14.3 Å². The van der Waals surface area contributed by atoms with Gasteiger partial charge in [-0.1, -0.05) is 24.3 Å². The Morgan fingerprint density at radius 2 is 1.65 bits per heavy atom. The molecule has 4 heteroatoms. The Labute approximate surface area is 115 Å². The van der Waals surface area contributed by atoms with Crippen LogP contribution >= 0.6 is 0 Å². The van der Waals surface area contributed by atoms with Crippen LogP contribution in [0.4, 0.5) is 0 Å². The van der Waals surface area contributed by atoms with Crippen LogP contribution in [0.25, 0.3) is 10.8 Å². The Bertz CT molecular complexity index is 790. The summed E-state index contributed by atoms with van der Waals surface area (Å²) in [6.45, 7) is 5.17. The van der Waals surface area contributed by atoms with Crippen LogP contribution in [-0.2, 0) is 4.74 Å². The van der Waals surface area contributed by atoms with E-state index >= 15 is 0 Å². The maximum atomic E-state index is 12.6. The Hall–Kier alpha value is -2.36. The van der Waals surface area contributed by atoms with Gasteiger partial charge in [0.1, 0.15) is 11.3 Å². The number of cyclic esters (lactones) is 1. The van der Waals surface area contributed by atoms with Gasteiger partial charge in [-0.15, -0.1) is 0 Å². The highest BCUT2D eigenvalue weighted by Crippen LogP contribution is 2.31. The van der Waals surface area contributed by atoms with Gasteiger partial charge in [0.05, 0.1) is 0 Å². The van der Waals surface area contributed by atoms with E-state index in [1.54, 1.807) is 32.0 Å². The maximum Gasteiger partial charge on any atom is 0.349 e. The summed E-state index contributed by atoms with van der Waals surface area (Å²) in [4.78, 5) is 24.7. The molecule has 20 heavy (non-hydrogen) atoms. The van der Waals surface area contributed by atoms with Gasteiger partial charge in [-0.3, -0.25) is 4.79 Å². The summed E-state index contributed by atoms with van der Waals surface area (Å²) >= 11 is 0. The lowest BCUT2D eigenvalue weighted by molar-refractivity contribution is -0.127. The zero-order chi connectivity index (χ0) is 14.5. The second kappa shape index (κ2) is 4.07. The zero-order valence-corrected chi connectivity index (χ0v) is 11.5. The predicted molar refractivity (Wildman–Crippen MR) is 75.1 cm³/mol. The van der Waals surface area contributed by atoms with Crippen molar-refractivity contribution in [2.45, 2.75) is 26.6 Å². The van der Waals surface area contributed by atoms with Crippen LogP contribution in [0.3, 0.4) is 0 Å². The summed E-state index contributed by atoms with van der Waals surface area (Å²) in [5, 5.41) is 1.30. The Balaban J connectivity index is 2.48. The molecule has 0 radical (unpaired) electrons. The van der Waals surface area contributed by atoms with E-state index in [0.29, 0.717) is 5.39 Å². The molecule has 0 amide bonds. The molecule has 0 saturated carbocycles. The third-order valence-electron chi connectivity index (χ3n) is 3.32. The summed E-state index contributed by atoms with van der Waals surface area (Å²) in [7, 11) is 0. The predicted octanol–water partition coefficient (Wildman–Crippen LogP) is 2.79. The highest BCUT2D eigenvalue weighted by atomic mass is 16.7. The van der Waals surface area contributed by atoms with Crippen LogP contribution in [0.15, 0.2) is 35.1 Å². The van der Waals surface area contributed by atoms with Crippen LogP contribution in [0.2, 0.25) is 0 Å². The van der Waals surface area contributed by atoms with Gasteiger partial charge >= 0.3 is 5.97 Å². The van der Waals surface area contributed by atoms with Crippen molar-refractivity contribution in [3.05, 3.63) is 51.7 Å². The first-order chi connectivity index (χ1) is 9.39. The van der Waals surface area contributed by atoms with E-state index in [1.807, 2.05) is 19.1 Å². The van der Waals surface area contributed by atoms with Crippen LogP contribution in [-0.4, -0.2) is 11.8 Å². The highest BCUT2D eigenvalue weighted by molar-refractivity contribution is 5.98. The molecule has 1 aliphatic heterocycles. The fourth-order valence-corrected chi connectivity index (χ4v) is 2.45. The molecule has 0 N–H and O–H groups in total. The molecule has 0 aromatic heterocycles. The van der Waals surface area contributed by atoms with E-state index in [-0.39, 0.29) is 16.7 Å². The van der Waals surface area contributed by atoms with Crippen LogP contribution in [0.1, 0.15) is 29.8 Å². The molecule has 102 valence electrons. The summed E-state index contributed by atoms with van der Waals surface area (Å²) < 4.78 is 10.8. The number of hydrogen-bond donors (Lipinski definition) is 0. The standard InChI is InChI=1S/C16H14O4/c1-9-8-12-13(15(18)20-16(2,3)19-12)14(17)11-7-5-4-6-10(9)11/h4-8H,1-3H3. The van der Waals surface area contributed by atoms with Crippen molar-refractivity contribution in [1.29, 1.82) is 0 Å². The smallest absolute Gasteiger partial charge is 0.349 e. The van der Waals surface area contributed by atoms with Crippen molar-refractivity contribution in [3.63, 3.8) is 0 Å². The van der Waals surface area contributed by atoms with Crippen LogP contribution in [0, 0.1) is 6.92 Å². The molecule has 0 spiro atoms. The lowest BCUT2D eigenvalue weighted by Crippen LogP contribution is -2.40. The number of benzene rings is 1. The molecule has 1 heterocycles. The monoisotopic (exact) mass is 270 g/mol. The van der Waals surface area contributed by atoms with E-state index in [0.717, 1.165) is 10.9 Å². The van der Waals surface area contributed by atoms with E-state index in [1.165, 1.54) is 0 Å². The average Bonchev–Trinajstić information content (AvgIpc) is 2.45. The Kier molecular flexibility index (Phi) is 2.57. The first kappa shape index (κ1) is 12.7. The van der Waals surface area contributed by atoms with Crippen molar-refractivity contribution in [1.82, 2.24) is 0 Å². The average molecular weight is 270 g/mol. The third-order valence-corrected chi connectivity index (χ3v) is 3.32. The molecule has 3 rings (SSSR count). The molecule has 0 saturated heterocycles. The zero-order valence-electron chi connectivity index (χ0n) is 11.5. The number of ether oxygens (including phenoxy) is 2. The van der Waals surface area contributed by atoms with Gasteiger partial charge in [-0.25, -0.2) is 4.79 Å². The fraction of sp³-hybridized carbons (Fsp3) is 0.250. The summed E-state index contributed by atoms with van der Waals surface area (Å²) in [5.41, 5.74) is 0.488. The number of hydrogen-bond acceptors (Lipinski definition) is 4. The van der Waals surface area contributed by atoms with Gasteiger partial charge in [0.25, 0.3) is 0 Å². The molecule has 2 aromatic carbocycles. The molecule has 0 aliphatic carbocycles. The van der Waals surface area contributed by atoms with Crippen molar-refractivity contribution in [2.75, 3.05) is 0 Å². The molecule has 0 bridgehead atoms. The largest absolute Gasteiger partial charge is 0.452 e. The molecule has 0 fully saturated rings. The van der Waals surface area contributed by atoms with E-state index in [4.69, 9.17) is 9.47 Å². The molecule has 0 atom stereocenters. The SMILES string of the molecule is Cc1cc2c(c(=O)c3ccccc13)C(=O)OC(C)(C)O2. The van der Waals surface area contributed by atoms with Crippen LogP contribution in [0.5, 0.6) is 5.75 Å². The highest BCUT2D eigenvalue weighted by Gasteiger charge is 2.35. The van der Waals surface area contributed by atoms with Crippen molar-refractivity contribution in [3.8, 4) is 5.75 Å². The van der Waals surface area contributed by atoms with E-state index in [2.05, 4.69) is 0 Å². The van der Waals surface area contributed by atoms with Gasteiger partial charge in [-0.05, 0) is 23.9 Å². The first-order valence-electron chi connectivity index (χ1n) is 6.38. The number of carbonyl (C=O) groups is 1. The second-order valence-electron chi connectivity index (χ2n) is 5.33. The number of aryl methyl sites for hydroxylation is 1. The molecule has 2 aromatic rings. The number of rotatable bonds is 0. The normalized spacial score (nSPS) is 16.2. The molecular weight excluding hydrogens is 256 g/mol. The number of esters is 1. The van der Waals surface area contributed by atoms with Crippen molar-refractivity contribution in [2.24, 2.45) is 0 Å². The Morgan fingerprint density at radius 3 is 2.35 bits per heavy atom. The minimum absolute atomic E-state index is 0.0337. The first-order valence-corrected chi connectivity index (χ1v) is 6.38. The number of fused-ring (bicyclic) bond motifs is 2. The summed E-state index contributed by atoms with van der Waals surface area (Å²) in [6, 6.07) is 8.92. The van der Waals surface area contributed by atoms with Gasteiger partial charge < -0.3 is 9.47 Å². The number of carbonyl (C=O) groups excluding carboxylic acids is 1. The third kappa shape index (κ3) is 1.84. The lowest BCUT2D eigenvalue weighted by atomic mass is 10.1. The molecule has 1 aliphatic rings. The lowest BCUT2D eigenvalue weighted by Gasteiger charge is -2.30. The quantitative estimate of drug-likeness (QED) is 0.691. The Morgan fingerprint density at radius 1 is 1.00 bits per heavy atom. The van der Waals surface area contributed by atoms with Gasteiger partial charge in [0.15, 0.2) is 0 Å². The minimum atomic E-state index is -1.07. The second-order valence-corrected chi connectivity index (χ2v) is 5.33. The molecular formula is C16H14O4. The summed E-state index contributed by atoms with van der Waals surface area (Å²) in [6.07, 6.45) is 0. The van der Waals surface area contributed by atoms with Gasteiger partial charge in [0, 0.05) is 19.2 Å².